The number of fused-ring (bicyclic) bond motifs is 1. The molecule has 0 aliphatic carbocycles. The Hall–Kier alpha value is -3.73. The summed E-state index contributed by atoms with van der Waals surface area (Å²) in [6.07, 6.45) is 2.53. The van der Waals surface area contributed by atoms with Crippen LogP contribution in [0.1, 0.15) is 42.9 Å². The van der Waals surface area contributed by atoms with Crippen LogP contribution in [0.5, 0.6) is 11.5 Å². The molecule has 182 valence electrons. The first kappa shape index (κ1) is 24.4. The van der Waals surface area contributed by atoms with Crippen LogP contribution in [-0.4, -0.2) is 31.2 Å². The lowest BCUT2D eigenvalue weighted by Crippen LogP contribution is -2.28. The SMILES string of the molecule is COc1cc(OC)cc([C@H](CC(=O)NCC(C)C)c2cn(Cc3ccccc3)c3ccccc23)c1. The van der Waals surface area contributed by atoms with E-state index in [1.165, 1.54) is 5.56 Å². The summed E-state index contributed by atoms with van der Waals surface area (Å²) in [6, 6.07) is 24.7. The quantitative estimate of drug-likeness (QED) is 0.309. The summed E-state index contributed by atoms with van der Waals surface area (Å²) in [4.78, 5) is 13.1. The molecule has 0 fully saturated rings. The van der Waals surface area contributed by atoms with E-state index in [-0.39, 0.29) is 11.8 Å². The fraction of sp³-hybridized carbons (Fsp3) is 0.300. The molecule has 0 unspecified atom stereocenters. The van der Waals surface area contributed by atoms with Gasteiger partial charge in [-0.2, -0.15) is 0 Å². The number of nitrogens with one attached hydrogen (secondary N) is 1. The maximum absolute atomic E-state index is 13.1. The van der Waals surface area contributed by atoms with Gasteiger partial charge in [-0.15, -0.1) is 0 Å². The second-order valence-electron chi connectivity index (χ2n) is 9.32. The zero-order chi connectivity index (χ0) is 24.8. The van der Waals surface area contributed by atoms with Gasteiger partial charge in [0.2, 0.25) is 5.91 Å². The number of methoxy groups -OCH3 is 2. The van der Waals surface area contributed by atoms with Crippen molar-refractivity contribution >= 4 is 16.8 Å². The van der Waals surface area contributed by atoms with E-state index >= 15 is 0 Å². The van der Waals surface area contributed by atoms with E-state index in [0.29, 0.717) is 30.4 Å². The van der Waals surface area contributed by atoms with Crippen LogP contribution >= 0.6 is 0 Å². The summed E-state index contributed by atoms with van der Waals surface area (Å²) in [7, 11) is 3.29. The molecule has 4 aromatic rings. The fourth-order valence-electron chi connectivity index (χ4n) is 4.48. The third-order valence-corrected chi connectivity index (χ3v) is 6.26. The molecule has 0 bridgehead atoms. The molecule has 1 heterocycles. The Morgan fingerprint density at radius 3 is 2.23 bits per heavy atom. The van der Waals surface area contributed by atoms with E-state index in [1.54, 1.807) is 14.2 Å². The number of rotatable bonds is 10. The van der Waals surface area contributed by atoms with Gasteiger partial charge >= 0.3 is 0 Å². The van der Waals surface area contributed by atoms with Crippen molar-refractivity contribution < 1.29 is 14.3 Å². The monoisotopic (exact) mass is 470 g/mol. The first-order valence-electron chi connectivity index (χ1n) is 12.1. The van der Waals surface area contributed by atoms with Crippen molar-refractivity contribution in [3.05, 3.63) is 95.7 Å². The highest BCUT2D eigenvalue weighted by atomic mass is 16.5. The Balaban J connectivity index is 1.81. The van der Waals surface area contributed by atoms with Crippen molar-refractivity contribution in [2.45, 2.75) is 32.7 Å². The summed E-state index contributed by atoms with van der Waals surface area (Å²) in [6.45, 7) is 5.61. The third kappa shape index (κ3) is 5.86. The summed E-state index contributed by atoms with van der Waals surface area (Å²) < 4.78 is 13.4. The number of carbonyl (C=O) groups excluding carboxylic acids is 1. The molecule has 4 rings (SSSR count). The molecule has 0 saturated heterocycles. The Morgan fingerprint density at radius 1 is 0.914 bits per heavy atom. The first-order chi connectivity index (χ1) is 17.0. The average Bonchev–Trinajstić information content (AvgIpc) is 3.24. The predicted octanol–water partition coefficient (Wildman–Crippen LogP) is 6.00. The highest BCUT2D eigenvalue weighted by Gasteiger charge is 2.24. The van der Waals surface area contributed by atoms with E-state index in [1.807, 2.05) is 24.3 Å². The second kappa shape index (κ2) is 11.1. The van der Waals surface area contributed by atoms with Gasteiger partial charge in [0, 0.05) is 48.6 Å². The molecule has 0 aliphatic heterocycles. The Labute approximate surface area is 207 Å². The largest absolute Gasteiger partial charge is 0.497 e. The van der Waals surface area contributed by atoms with Crippen LogP contribution in [-0.2, 0) is 11.3 Å². The summed E-state index contributed by atoms with van der Waals surface area (Å²) in [5.74, 6) is 1.68. The minimum absolute atomic E-state index is 0.0328. The molecule has 3 aromatic carbocycles. The summed E-state index contributed by atoms with van der Waals surface area (Å²) in [5.41, 5.74) is 4.48. The Bertz CT molecular complexity index is 1260. The number of carbonyl (C=O) groups is 1. The molecule has 35 heavy (non-hydrogen) atoms. The van der Waals surface area contributed by atoms with Crippen molar-refractivity contribution in [1.82, 2.24) is 9.88 Å². The van der Waals surface area contributed by atoms with Gasteiger partial charge in [-0.1, -0.05) is 62.4 Å². The van der Waals surface area contributed by atoms with Crippen LogP contribution in [0.3, 0.4) is 0 Å². The van der Waals surface area contributed by atoms with Crippen LogP contribution in [0, 0.1) is 5.92 Å². The highest BCUT2D eigenvalue weighted by Crippen LogP contribution is 2.38. The van der Waals surface area contributed by atoms with E-state index in [4.69, 9.17) is 9.47 Å². The summed E-state index contributed by atoms with van der Waals surface area (Å²) >= 11 is 0. The number of para-hydroxylation sites is 1. The number of ether oxygens (including phenoxy) is 2. The number of nitrogens with zero attached hydrogens (tertiary/aromatic N) is 1. The lowest BCUT2D eigenvalue weighted by atomic mass is 9.87. The van der Waals surface area contributed by atoms with Crippen LogP contribution in [0.15, 0.2) is 79.0 Å². The molecule has 1 amide bonds. The lowest BCUT2D eigenvalue weighted by molar-refractivity contribution is -0.121. The van der Waals surface area contributed by atoms with Gasteiger partial charge in [-0.05, 0) is 40.8 Å². The number of hydrogen-bond acceptors (Lipinski definition) is 3. The first-order valence-corrected chi connectivity index (χ1v) is 12.1. The smallest absolute Gasteiger partial charge is 0.220 e. The van der Waals surface area contributed by atoms with E-state index < -0.39 is 0 Å². The van der Waals surface area contributed by atoms with Crippen molar-refractivity contribution in [3.63, 3.8) is 0 Å². The summed E-state index contributed by atoms with van der Waals surface area (Å²) in [5, 5.41) is 4.24. The Morgan fingerprint density at radius 2 is 1.57 bits per heavy atom. The fourth-order valence-corrected chi connectivity index (χ4v) is 4.48. The minimum atomic E-state index is -0.159. The van der Waals surface area contributed by atoms with Crippen LogP contribution in [0.2, 0.25) is 0 Å². The zero-order valence-corrected chi connectivity index (χ0v) is 21.0. The van der Waals surface area contributed by atoms with Crippen molar-refractivity contribution in [2.75, 3.05) is 20.8 Å². The molecular weight excluding hydrogens is 436 g/mol. The highest BCUT2D eigenvalue weighted by molar-refractivity contribution is 5.87. The number of hydrogen-bond donors (Lipinski definition) is 1. The predicted molar refractivity (Wildman–Crippen MR) is 141 cm³/mol. The van der Waals surface area contributed by atoms with Gasteiger partial charge in [0.25, 0.3) is 0 Å². The molecule has 5 heteroatoms. The van der Waals surface area contributed by atoms with Gasteiger partial charge < -0.3 is 19.4 Å². The second-order valence-corrected chi connectivity index (χ2v) is 9.32. The van der Waals surface area contributed by atoms with Gasteiger partial charge in [0.05, 0.1) is 14.2 Å². The third-order valence-electron chi connectivity index (χ3n) is 6.26. The van der Waals surface area contributed by atoms with Gasteiger partial charge in [0.15, 0.2) is 0 Å². The maximum Gasteiger partial charge on any atom is 0.220 e. The van der Waals surface area contributed by atoms with Crippen LogP contribution in [0.25, 0.3) is 10.9 Å². The molecular formula is C30H34N2O3. The van der Waals surface area contributed by atoms with E-state index in [9.17, 15) is 4.79 Å². The van der Waals surface area contributed by atoms with Crippen molar-refractivity contribution in [2.24, 2.45) is 5.92 Å². The van der Waals surface area contributed by atoms with Gasteiger partial charge in [0.1, 0.15) is 11.5 Å². The van der Waals surface area contributed by atoms with Crippen molar-refractivity contribution in [1.29, 1.82) is 0 Å². The van der Waals surface area contributed by atoms with E-state index in [0.717, 1.165) is 28.6 Å². The molecule has 1 N–H and O–H groups in total. The average molecular weight is 471 g/mol. The zero-order valence-electron chi connectivity index (χ0n) is 21.0. The normalized spacial score (nSPS) is 12.0. The van der Waals surface area contributed by atoms with Crippen LogP contribution < -0.4 is 14.8 Å². The molecule has 1 aromatic heterocycles. The molecule has 1 atom stereocenters. The van der Waals surface area contributed by atoms with E-state index in [2.05, 4.69) is 78.5 Å². The van der Waals surface area contributed by atoms with Gasteiger partial charge in [-0.25, -0.2) is 0 Å². The molecule has 0 saturated carbocycles. The molecule has 0 aliphatic rings. The Kier molecular flexibility index (Phi) is 7.76. The molecule has 0 radical (unpaired) electrons. The molecule has 0 spiro atoms. The van der Waals surface area contributed by atoms with Gasteiger partial charge in [-0.3, -0.25) is 4.79 Å². The van der Waals surface area contributed by atoms with Crippen LogP contribution in [0.4, 0.5) is 0 Å². The standard InChI is InChI=1S/C30H34N2O3/c1-21(2)18-31-30(33)17-27(23-14-24(34-3)16-25(15-23)35-4)28-20-32(19-22-10-6-5-7-11-22)29-13-9-8-12-26(28)29/h5-16,20-21,27H,17-19H2,1-4H3,(H,31,33)/t27-/m0/s1. The number of benzene rings is 3. The number of aromatic nitrogens is 1. The number of amides is 1. The lowest BCUT2D eigenvalue weighted by Gasteiger charge is -2.19. The maximum atomic E-state index is 13.1. The minimum Gasteiger partial charge on any atom is -0.497 e. The van der Waals surface area contributed by atoms with Crippen molar-refractivity contribution in [3.8, 4) is 11.5 Å². The molecule has 5 nitrogen and oxygen atoms in total. The topological polar surface area (TPSA) is 52.5 Å².